The molecule has 0 aromatic heterocycles. The summed E-state index contributed by atoms with van der Waals surface area (Å²) in [6.07, 6.45) is 2.70. The average Bonchev–Trinajstić information content (AvgIpc) is 3.02. The number of nitrogens with one attached hydrogen (secondary N) is 2. The summed E-state index contributed by atoms with van der Waals surface area (Å²) < 4.78 is 5.62. The van der Waals surface area contributed by atoms with Gasteiger partial charge in [0.2, 0.25) is 0 Å². The number of aliphatic imine (C=N–C) groups is 1. The standard InChI is InChI=1S/C14H27N5O.HI/c1-15-14(17-10-13-3-2-8-20-13)16-9-12-11-18-4-6-19(12)7-5-18;/h12-13H,2-11H2,1H3,(H2,15,16,17);1H. The maximum Gasteiger partial charge on any atom is 0.191 e. The molecular formula is C14H28IN5O. The van der Waals surface area contributed by atoms with E-state index in [0.29, 0.717) is 12.1 Å². The van der Waals surface area contributed by atoms with Crippen LogP contribution in [0.25, 0.3) is 0 Å². The van der Waals surface area contributed by atoms with Gasteiger partial charge in [-0.25, -0.2) is 0 Å². The van der Waals surface area contributed by atoms with Crippen LogP contribution in [0.4, 0.5) is 0 Å². The van der Waals surface area contributed by atoms with Crippen molar-refractivity contribution in [2.45, 2.75) is 25.0 Å². The van der Waals surface area contributed by atoms with Gasteiger partial charge >= 0.3 is 0 Å². The fourth-order valence-corrected chi connectivity index (χ4v) is 3.37. The number of halogens is 1. The van der Waals surface area contributed by atoms with E-state index in [1.807, 2.05) is 7.05 Å². The first-order chi connectivity index (χ1) is 9.85. The Balaban J connectivity index is 0.00000161. The van der Waals surface area contributed by atoms with Crippen molar-refractivity contribution >= 4 is 29.9 Å². The molecule has 4 rings (SSSR count). The summed E-state index contributed by atoms with van der Waals surface area (Å²) in [5.41, 5.74) is 0. The summed E-state index contributed by atoms with van der Waals surface area (Å²) in [5.74, 6) is 0.901. The molecule has 4 aliphatic rings. The maximum atomic E-state index is 5.62. The summed E-state index contributed by atoms with van der Waals surface area (Å²) in [5, 5.41) is 6.84. The average molecular weight is 409 g/mol. The van der Waals surface area contributed by atoms with Gasteiger partial charge in [0.25, 0.3) is 0 Å². The summed E-state index contributed by atoms with van der Waals surface area (Å²) in [7, 11) is 1.83. The number of piperazine rings is 3. The highest BCUT2D eigenvalue weighted by Crippen LogP contribution is 2.14. The molecule has 0 aromatic rings. The van der Waals surface area contributed by atoms with Crippen LogP contribution >= 0.6 is 24.0 Å². The van der Waals surface area contributed by atoms with Gasteiger partial charge in [-0.05, 0) is 12.8 Å². The fourth-order valence-electron chi connectivity index (χ4n) is 3.37. The van der Waals surface area contributed by atoms with Gasteiger partial charge in [-0.2, -0.15) is 0 Å². The molecule has 7 heteroatoms. The number of guanidine groups is 1. The zero-order valence-electron chi connectivity index (χ0n) is 12.9. The van der Waals surface area contributed by atoms with Gasteiger partial charge in [0.05, 0.1) is 6.10 Å². The minimum absolute atomic E-state index is 0. The summed E-state index contributed by atoms with van der Waals surface area (Å²) in [6, 6.07) is 0.624. The third-order valence-electron chi connectivity index (χ3n) is 4.64. The number of fused-ring (bicyclic) bond motifs is 3. The van der Waals surface area contributed by atoms with Crippen molar-refractivity contribution in [3.8, 4) is 0 Å². The minimum Gasteiger partial charge on any atom is -0.376 e. The maximum absolute atomic E-state index is 5.62. The van der Waals surface area contributed by atoms with E-state index in [0.717, 1.165) is 32.1 Å². The Labute approximate surface area is 144 Å². The molecule has 0 spiro atoms. The zero-order valence-corrected chi connectivity index (χ0v) is 15.2. The molecule has 4 aliphatic heterocycles. The van der Waals surface area contributed by atoms with E-state index in [4.69, 9.17) is 4.74 Å². The largest absolute Gasteiger partial charge is 0.376 e. The monoisotopic (exact) mass is 409 g/mol. The van der Waals surface area contributed by atoms with Crippen molar-refractivity contribution in [2.75, 3.05) is 59.5 Å². The Hall–Kier alpha value is -0.120. The van der Waals surface area contributed by atoms with Gasteiger partial charge in [0.1, 0.15) is 0 Å². The summed E-state index contributed by atoms with van der Waals surface area (Å²) in [6.45, 7) is 8.84. The Morgan fingerprint density at radius 1 is 1.19 bits per heavy atom. The number of hydrogen-bond donors (Lipinski definition) is 2. The Kier molecular flexibility index (Phi) is 6.97. The van der Waals surface area contributed by atoms with Crippen LogP contribution in [0.2, 0.25) is 0 Å². The van der Waals surface area contributed by atoms with E-state index in [2.05, 4.69) is 25.4 Å². The van der Waals surface area contributed by atoms with Crippen LogP contribution in [0.3, 0.4) is 0 Å². The lowest BCUT2D eigenvalue weighted by Crippen LogP contribution is -2.63. The van der Waals surface area contributed by atoms with E-state index in [9.17, 15) is 0 Å². The number of ether oxygens (including phenoxy) is 1. The van der Waals surface area contributed by atoms with E-state index in [-0.39, 0.29) is 24.0 Å². The number of hydrogen-bond acceptors (Lipinski definition) is 4. The lowest BCUT2D eigenvalue weighted by Gasteiger charge is -2.47. The molecule has 4 fully saturated rings. The first kappa shape index (κ1) is 17.2. The van der Waals surface area contributed by atoms with Gasteiger partial charge in [-0.1, -0.05) is 0 Å². The third-order valence-corrected chi connectivity index (χ3v) is 4.64. The van der Waals surface area contributed by atoms with E-state index < -0.39 is 0 Å². The third kappa shape index (κ3) is 4.67. The Morgan fingerprint density at radius 2 is 1.95 bits per heavy atom. The molecule has 6 nitrogen and oxygen atoms in total. The minimum atomic E-state index is 0. The quantitative estimate of drug-likeness (QED) is 0.388. The van der Waals surface area contributed by atoms with Gasteiger partial charge in [-0.3, -0.25) is 14.8 Å². The van der Waals surface area contributed by atoms with Crippen molar-refractivity contribution in [3.63, 3.8) is 0 Å². The van der Waals surface area contributed by atoms with Crippen LogP contribution < -0.4 is 10.6 Å². The van der Waals surface area contributed by atoms with Gasteiger partial charge in [0.15, 0.2) is 5.96 Å². The van der Waals surface area contributed by atoms with Gasteiger partial charge in [0, 0.05) is 65.5 Å². The van der Waals surface area contributed by atoms with E-state index in [1.54, 1.807) is 0 Å². The predicted molar refractivity (Wildman–Crippen MR) is 95.6 cm³/mol. The lowest BCUT2D eigenvalue weighted by atomic mass is 10.1. The second-order valence-electron chi connectivity index (χ2n) is 5.96. The molecule has 4 heterocycles. The Morgan fingerprint density at radius 3 is 2.52 bits per heavy atom. The topological polar surface area (TPSA) is 52.1 Å². The van der Waals surface area contributed by atoms with E-state index >= 15 is 0 Å². The molecule has 21 heavy (non-hydrogen) atoms. The zero-order chi connectivity index (χ0) is 13.8. The number of rotatable bonds is 4. The SMILES string of the molecule is CN=C(NCC1CCCO1)NCC1CN2CCN1CC2.I. The van der Waals surface area contributed by atoms with Crippen LogP contribution in [0.5, 0.6) is 0 Å². The van der Waals surface area contributed by atoms with Crippen LogP contribution in [0, 0.1) is 0 Å². The summed E-state index contributed by atoms with van der Waals surface area (Å²) in [4.78, 5) is 9.46. The molecule has 0 amide bonds. The van der Waals surface area contributed by atoms with Crippen molar-refractivity contribution in [1.82, 2.24) is 20.4 Å². The molecule has 0 aliphatic carbocycles. The molecule has 2 N–H and O–H groups in total. The van der Waals surface area contributed by atoms with E-state index in [1.165, 1.54) is 39.1 Å². The van der Waals surface area contributed by atoms with Crippen LogP contribution in [-0.4, -0.2) is 87.4 Å². The van der Waals surface area contributed by atoms with Gasteiger partial charge in [-0.15, -0.1) is 24.0 Å². The molecule has 2 unspecified atom stereocenters. The first-order valence-electron chi connectivity index (χ1n) is 7.87. The molecule has 0 saturated carbocycles. The molecule has 122 valence electrons. The molecule has 4 saturated heterocycles. The van der Waals surface area contributed by atoms with Crippen LogP contribution in [-0.2, 0) is 4.74 Å². The van der Waals surface area contributed by atoms with Crippen molar-refractivity contribution < 1.29 is 4.74 Å². The van der Waals surface area contributed by atoms with Gasteiger partial charge < -0.3 is 15.4 Å². The molecule has 0 aromatic carbocycles. The number of nitrogens with zero attached hydrogens (tertiary/aromatic N) is 3. The first-order valence-corrected chi connectivity index (χ1v) is 7.87. The second-order valence-corrected chi connectivity index (χ2v) is 5.96. The molecule has 2 atom stereocenters. The lowest BCUT2D eigenvalue weighted by molar-refractivity contribution is 0.0154. The van der Waals surface area contributed by atoms with Crippen molar-refractivity contribution in [1.29, 1.82) is 0 Å². The molecule has 0 radical (unpaired) electrons. The molecular weight excluding hydrogens is 381 g/mol. The van der Waals surface area contributed by atoms with Crippen molar-refractivity contribution in [3.05, 3.63) is 0 Å². The Bertz CT molecular complexity index is 340. The molecule has 2 bridgehead atoms. The van der Waals surface area contributed by atoms with Crippen LogP contribution in [0.15, 0.2) is 4.99 Å². The predicted octanol–water partition coefficient (Wildman–Crippen LogP) is -0.0518. The highest BCUT2D eigenvalue weighted by atomic mass is 127. The van der Waals surface area contributed by atoms with Crippen molar-refractivity contribution in [2.24, 2.45) is 4.99 Å². The highest BCUT2D eigenvalue weighted by Gasteiger charge is 2.31. The van der Waals surface area contributed by atoms with Crippen LogP contribution in [0.1, 0.15) is 12.8 Å². The smallest absolute Gasteiger partial charge is 0.191 e. The second kappa shape index (κ2) is 8.50. The normalized spacial score (nSPS) is 35.4. The highest BCUT2D eigenvalue weighted by molar-refractivity contribution is 14.0. The summed E-state index contributed by atoms with van der Waals surface area (Å²) >= 11 is 0. The fraction of sp³-hybridized carbons (Fsp3) is 0.929.